The third kappa shape index (κ3) is 2.44. The molecule has 0 saturated heterocycles. The summed E-state index contributed by atoms with van der Waals surface area (Å²) in [7, 11) is 0. The number of aromatic nitrogens is 3. The van der Waals surface area contributed by atoms with Crippen LogP contribution in [0.25, 0.3) is 49.8 Å². The first-order valence-electron chi connectivity index (χ1n) is 9.80. The number of rotatable bonds is 2. The van der Waals surface area contributed by atoms with Crippen LogP contribution >= 0.6 is 0 Å². The highest BCUT2D eigenvalue weighted by Crippen LogP contribution is 2.40. The van der Waals surface area contributed by atoms with Crippen LogP contribution in [0.5, 0.6) is 0 Å². The van der Waals surface area contributed by atoms with Gasteiger partial charge in [0, 0.05) is 27.9 Å². The molecule has 0 amide bonds. The van der Waals surface area contributed by atoms with Gasteiger partial charge in [0.05, 0.1) is 22.2 Å². The Morgan fingerprint density at radius 1 is 0.733 bits per heavy atom. The minimum Gasteiger partial charge on any atom is -0.292 e. The first-order valence-corrected chi connectivity index (χ1v) is 9.80. The van der Waals surface area contributed by atoms with E-state index in [1.165, 1.54) is 6.07 Å². The Kier molecular flexibility index (Phi) is 3.65. The molecule has 30 heavy (non-hydrogen) atoms. The molecule has 3 aromatic heterocycles. The average Bonchev–Trinajstić information content (AvgIpc) is 3.14. The van der Waals surface area contributed by atoms with E-state index in [1.54, 1.807) is 12.3 Å². The highest BCUT2D eigenvalue weighted by atomic mass is 19.1. The fourth-order valence-corrected chi connectivity index (χ4v) is 4.24. The van der Waals surface area contributed by atoms with Gasteiger partial charge in [-0.2, -0.15) is 0 Å². The van der Waals surface area contributed by atoms with Gasteiger partial charge in [-0.25, -0.2) is 14.4 Å². The predicted molar refractivity (Wildman–Crippen MR) is 119 cm³/mol. The van der Waals surface area contributed by atoms with E-state index in [1.807, 2.05) is 66.7 Å². The van der Waals surface area contributed by atoms with E-state index < -0.39 is 0 Å². The molecule has 0 fully saturated rings. The van der Waals surface area contributed by atoms with Crippen molar-refractivity contribution in [3.8, 4) is 17.1 Å². The number of pyridine rings is 2. The molecule has 0 unspecified atom stereocenters. The molecule has 0 bridgehead atoms. The van der Waals surface area contributed by atoms with Gasteiger partial charge in [0.2, 0.25) is 0 Å². The van der Waals surface area contributed by atoms with Crippen molar-refractivity contribution in [2.24, 2.45) is 0 Å². The lowest BCUT2D eigenvalue weighted by Crippen LogP contribution is -1.99. The molecule has 0 aliphatic heterocycles. The zero-order chi connectivity index (χ0) is 20.1. The van der Waals surface area contributed by atoms with Gasteiger partial charge in [-0.3, -0.25) is 4.57 Å². The van der Waals surface area contributed by atoms with Gasteiger partial charge in [-0.15, -0.1) is 0 Å². The Balaban J connectivity index is 1.93. The molecule has 3 nitrogen and oxygen atoms in total. The number of halogens is 1. The van der Waals surface area contributed by atoms with Crippen LogP contribution in [0.4, 0.5) is 4.39 Å². The summed E-state index contributed by atoms with van der Waals surface area (Å²) in [5.41, 5.74) is 4.58. The van der Waals surface area contributed by atoms with Gasteiger partial charge in [-0.05, 0) is 36.4 Å². The molecule has 6 rings (SSSR count). The number of hydrogen-bond donors (Lipinski definition) is 0. The second-order valence-electron chi connectivity index (χ2n) is 7.25. The number of fused-ring (bicyclic) bond motifs is 5. The van der Waals surface area contributed by atoms with Crippen LogP contribution in [0.1, 0.15) is 0 Å². The zero-order valence-electron chi connectivity index (χ0n) is 16.0. The normalized spacial score (nSPS) is 11.5. The zero-order valence-corrected chi connectivity index (χ0v) is 16.0. The van der Waals surface area contributed by atoms with E-state index in [2.05, 4.69) is 21.7 Å². The summed E-state index contributed by atoms with van der Waals surface area (Å²) < 4.78 is 16.4. The molecule has 0 N–H and O–H groups in total. The van der Waals surface area contributed by atoms with Crippen LogP contribution in [0.2, 0.25) is 0 Å². The maximum atomic E-state index is 14.4. The Hall–Kier alpha value is -4.05. The van der Waals surface area contributed by atoms with Gasteiger partial charge in [0.25, 0.3) is 0 Å². The fraction of sp³-hybridized carbons (Fsp3) is 0. The van der Waals surface area contributed by atoms with E-state index >= 15 is 0 Å². The molecule has 3 heterocycles. The lowest BCUT2D eigenvalue weighted by molar-refractivity contribution is 0.629. The number of para-hydroxylation sites is 1. The largest absolute Gasteiger partial charge is 0.292 e. The quantitative estimate of drug-likeness (QED) is 0.337. The number of benzene rings is 3. The van der Waals surface area contributed by atoms with Crippen molar-refractivity contribution in [1.82, 2.24) is 14.5 Å². The van der Waals surface area contributed by atoms with Crippen molar-refractivity contribution in [3.63, 3.8) is 0 Å². The van der Waals surface area contributed by atoms with Crippen molar-refractivity contribution in [3.05, 3.63) is 103 Å². The monoisotopic (exact) mass is 389 g/mol. The summed E-state index contributed by atoms with van der Waals surface area (Å²) >= 11 is 0. The molecule has 0 saturated carbocycles. The third-order valence-electron chi connectivity index (χ3n) is 5.48. The first-order chi connectivity index (χ1) is 14.8. The topological polar surface area (TPSA) is 30.7 Å². The Morgan fingerprint density at radius 3 is 2.37 bits per heavy atom. The van der Waals surface area contributed by atoms with Crippen LogP contribution in [0, 0.1) is 5.82 Å². The average molecular weight is 389 g/mol. The smallest absolute Gasteiger partial charge is 0.137 e. The van der Waals surface area contributed by atoms with E-state index in [9.17, 15) is 4.39 Å². The van der Waals surface area contributed by atoms with Crippen LogP contribution < -0.4 is 0 Å². The van der Waals surface area contributed by atoms with E-state index in [-0.39, 0.29) is 5.82 Å². The molecule has 0 radical (unpaired) electrons. The van der Waals surface area contributed by atoms with Crippen LogP contribution in [-0.2, 0) is 0 Å². The summed E-state index contributed by atoms with van der Waals surface area (Å²) in [6.45, 7) is 0. The standard InChI is InChI=1S/C26H16FN3/c27-18-13-14-22-20(16-18)24-19-10-4-5-11-21(19)29-25(17-8-2-1-3-9-17)26(24)30(22)23-12-6-7-15-28-23/h1-16H. The van der Waals surface area contributed by atoms with E-state index in [0.717, 1.165) is 49.8 Å². The third-order valence-corrected chi connectivity index (χ3v) is 5.48. The highest BCUT2D eigenvalue weighted by Gasteiger charge is 2.21. The molecule has 4 heteroatoms. The summed E-state index contributed by atoms with van der Waals surface area (Å²) in [4.78, 5) is 9.64. The molecule has 0 aliphatic carbocycles. The second-order valence-corrected chi connectivity index (χ2v) is 7.25. The maximum absolute atomic E-state index is 14.4. The molecular weight excluding hydrogens is 373 g/mol. The Bertz CT molecular complexity index is 1540. The highest BCUT2D eigenvalue weighted by molar-refractivity contribution is 6.23. The lowest BCUT2D eigenvalue weighted by atomic mass is 10.0. The summed E-state index contributed by atoms with van der Waals surface area (Å²) in [6, 6.07) is 28.9. The predicted octanol–water partition coefficient (Wildman–Crippen LogP) is 6.53. The SMILES string of the molecule is Fc1ccc2c(c1)c1c3ccccc3nc(-c3ccccc3)c1n2-c1ccccn1. The van der Waals surface area contributed by atoms with Crippen molar-refractivity contribution >= 4 is 32.7 Å². The Labute approximate surface area is 172 Å². The van der Waals surface area contributed by atoms with Gasteiger partial charge < -0.3 is 0 Å². The van der Waals surface area contributed by atoms with Crippen LogP contribution in [0.15, 0.2) is 97.2 Å². The van der Waals surface area contributed by atoms with Gasteiger partial charge >= 0.3 is 0 Å². The first kappa shape index (κ1) is 16.9. The van der Waals surface area contributed by atoms with Gasteiger partial charge in [-0.1, -0.05) is 54.6 Å². The van der Waals surface area contributed by atoms with Gasteiger partial charge in [0.15, 0.2) is 0 Å². The van der Waals surface area contributed by atoms with Crippen molar-refractivity contribution < 1.29 is 4.39 Å². The van der Waals surface area contributed by atoms with Crippen molar-refractivity contribution in [1.29, 1.82) is 0 Å². The maximum Gasteiger partial charge on any atom is 0.137 e. The van der Waals surface area contributed by atoms with E-state index in [4.69, 9.17) is 4.98 Å². The minimum atomic E-state index is -0.260. The number of hydrogen-bond acceptors (Lipinski definition) is 2. The van der Waals surface area contributed by atoms with Crippen molar-refractivity contribution in [2.45, 2.75) is 0 Å². The molecule has 142 valence electrons. The summed E-state index contributed by atoms with van der Waals surface area (Å²) in [5.74, 6) is 0.517. The van der Waals surface area contributed by atoms with Crippen LogP contribution in [0.3, 0.4) is 0 Å². The lowest BCUT2D eigenvalue weighted by Gasteiger charge is -2.11. The van der Waals surface area contributed by atoms with Crippen molar-refractivity contribution in [2.75, 3.05) is 0 Å². The molecule has 6 aromatic rings. The Morgan fingerprint density at radius 2 is 1.53 bits per heavy atom. The summed E-state index contributed by atoms with van der Waals surface area (Å²) in [6.07, 6.45) is 1.77. The van der Waals surface area contributed by atoms with Crippen LogP contribution in [-0.4, -0.2) is 14.5 Å². The molecule has 0 aliphatic rings. The molecular formula is C26H16FN3. The second kappa shape index (κ2) is 6.49. The summed E-state index contributed by atoms with van der Waals surface area (Å²) in [5, 5.41) is 2.84. The number of nitrogens with zero attached hydrogens (tertiary/aromatic N) is 3. The molecule has 3 aromatic carbocycles. The van der Waals surface area contributed by atoms with E-state index in [0.29, 0.717) is 0 Å². The molecule has 0 spiro atoms. The van der Waals surface area contributed by atoms with Gasteiger partial charge in [0.1, 0.15) is 11.6 Å². The minimum absolute atomic E-state index is 0.260. The molecule has 0 atom stereocenters. The fourth-order valence-electron chi connectivity index (χ4n) is 4.24.